The van der Waals surface area contributed by atoms with E-state index in [0.717, 1.165) is 38.9 Å². The fourth-order valence-corrected chi connectivity index (χ4v) is 4.88. The number of anilines is 1. The van der Waals surface area contributed by atoms with Crippen molar-refractivity contribution in [1.29, 1.82) is 0 Å². The van der Waals surface area contributed by atoms with Gasteiger partial charge in [0.2, 0.25) is 0 Å². The number of carbonyl (C=O) groups is 1. The highest BCUT2D eigenvalue weighted by molar-refractivity contribution is 5.72. The monoisotopic (exact) mass is 344 g/mol. The van der Waals surface area contributed by atoms with Gasteiger partial charge >= 0.3 is 6.09 Å². The smallest absolute Gasteiger partial charge is 0.409 e. The summed E-state index contributed by atoms with van der Waals surface area (Å²) in [5.74, 6) is 0.623. The normalized spacial score (nSPS) is 29.4. The predicted molar refractivity (Wildman–Crippen MR) is 97.8 cm³/mol. The van der Waals surface area contributed by atoms with E-state index in [2.05, 4.69) is 48.4 Å². The number of nitrogens with zero attached hydrogens (tertiary/aromatic N) is 3. The number of hydrogen-bond donors (Lipinski definition) is 1. The average Bonchev–Trinajstić information content (AvgIpc) is 3.01. The van der Waals surface area contributed by atoms with E-state index in [9.17, 15) is 4.79 Å². The molecule has 3 heterocycles. The Bertz CT molecular complexity index is 673. The molecule has 0 saturated carbocycles. The van der Waals surface area contributed by atoms with Gasteiger partial charge in [0.15, 0.2) is 0 Å². The van der Waals surface area contributed by atoms with E-state index in [1.165, 1.54) is 17.7 Å². The highest BCUT2D eigenvalue weighted by Gasteiger charge is 2.52. The van der Waals surface area contributed by atoms with Gasteiger partial charge in [-0.3, -0.25) is 10.3 Å². The molecule has 1 N–H and O–H groups in total. The Balaban J connectivity index is 1.50. The largest absolute Gasteiger partial charge is 0.427 e. The van der Waals surface area contributed by atoms with Gasteiger partial charge < -0.3 is 9.64 Å². The van der Waals surface area contributed by atoms with Crippen molar-refractivity contribution in [2.45, 2.75) is 44.2 Å². The fraction of sp³-hybridized carbons (Fsp3) is 0.632. The Morgan fingerprint density at radius 1 is 1.20 bits per heavy atom. The predicted octanol–water partition coefficient (Wildman–Crippen LogP) is 2.55. The van der Waals surface area contributed by atoms with Crippen molar-refractivity contribution < 1.29 is 9.53 Å². The van der Waals surface area contributed by atoms with Gasteiger partial charge in [0.1, 0.15) is 5.75 Å². The van der Waals surface area contributed by atoms with E-state index < -0.39 is 6.09 Å². The van der Waals surface area contributed by atoms with E-state index in [0.29, 0.717) is 11.9 Å². The Morgan fingerprint density at radius 2 is 1.96 bits per heavy atom. The number of likely N-dealkylation sites (tertiary alicyclic amines) is 1. The van der Waals surface area contributed by atoms with E-state index in [4.69, 9.17) is 4.74 Å². The third kappa shape index (κ3) is 2.77. The molecule has 3 aliphatic rings. The van der Waals surface area contributed by atoms with Crippen LogP contribution in [0, 0.1) is 0 Å². The molecular weight excluding hydrogens is 316 g/mol. The number of rotatable bonds is 2. The zero-order valence-electron chi connectivity index (χ0n) is 15.4. The van der Waals surface area contributed by atoms with Crippen molar-refractivity contribution in [2.24, 2.45) is 0 Å². The minimum Gasteiger partial charge on any atom is -0.409 e. The number of carbonyl (C=O) groups excluding carboxylic acids is 1. The molecule has 3 aliphatic heterocycles. The molecular formula is C19H28N4O2. The number of likely N-dealkylation sites (N-methyl/N-ethyl adjacent to an activating group) is 2. The fourth-order valence-electron chi connectivity index (χ4n) is 4.88. The lowest BCUT2D eigenvalue weighted by molar-refractivity contribution is 0.129. The van der Waals surface area contributed by atoms with Crippen LogP contribution >= 0.6 is 0 Å². The third-order valence-electron chi connectivity index (χ3n) is 6.12. The molecule has 6 heteroatoms. The summed E-state index contributed by atoms with van der Waals surface area (Å²) in [6.45, 7) is 5.21. The topological polar surface area (TPSA) is 48.1 Å². The summed E-state index contributed by atoms with van der Waals surface area (Å²) < 4.78 is 5.57. The van der Waals surface area contributed by atoms with Crippen LogP contribution in [0.25, 0.3) is 0 Å². The van der Waals surface area contributed by atoms with Gasteiger partial charge in [0.25, 0.3) is 0 Å². The second kappa shape index (κ2) is 6.18. The van der Waals surface area contributed by atoms with Crippen molar-refractivity contribution in [3.8, 4) is 5.75 Å². The molecule has 0 bridgehead atoms. The summed E-state index contributed by atoms with van der Waals surface area (Å²) in [4.78, 5) is 17.0. The first-order valence-corrected chi connectivity index (χ1v) is 9.30. The molecule has 0 aromatic heterocycles. The standard InChI is InChI=1S/C19H28N4O2/c1-19-9-12-21(2)17(19)22(3)16-8-7-14(13-15(16)19)25-18(24)20-23-10-5-4-6-11-23/h7-8,13,17H,4-6,9-12H2,1-3H3,(H,20,24). The van der Waals surface area contributed by atoms with Crippen LogP contribution in [0.3, 0.4) is 0 Å². The lowest BCUT2D eigenvalue weighted by Gasteiger charge is -2.32. The number of nitrogens with one attached hydrogen (secondary N) is 1. The van der Waals surface area contributed by atoms with Gasteiger partial charge in [-0.1, -0.05) is 13.3 Å². The quantitative estimate of drug-likeness (QED) is 0.893. The molecule has 2 saturated heterocycles. The average molecular weight is 344 g/mol. The second-order valence-corrected chi connectivity index (χ2v) is 7.86. The van der Waals surface area contributed by atoms with Gasteiger partial charge in [0.05, 0.1) is 6.17 Å². The highest BCUT2D eigenvalue weighted by atomic mass is 16.6. The molecule has 136 valence electrons. The number of amides is 1. The van der Waals surface area contributed by atoms with E-state index in [-0.39, 0.29) is 5.41 Å². The van der Waals surface area contributed by atoms with Crippen molar-refractivity contribution in [3.05, 3.63) is 23.8 Å². The molecule has 0 aliphatic carbocycles. The maximum Gasteiger partial charge on any atom is 0.427 e. The Kier molecular flexibility index (Phi) is 4.12. The van der Waals surface area contributed by atoms with E-state index in [1.807, 2.05) is 11.1 Å². The number of piperidine rings is 1. The molecule has 2 unspecified atom stereocenters. The number of hydrazine groups is 1. The molecule has 1 amide bonds. The number of hydrogen-bond acceptors (Lipinski definition) is 5. The Morgan fingerprint density at radius 3 is 2.72 bits per heavy atom. The summed E-state index contributed by atoms with van der Waals surface area (Å²) in [6.07, 6.45) is 4.59. The molecule has 2 fully saturated rings. The van der Waals surface area contributed by atoms with E-state index >= 15 is 0 Å². The SMILES string of the molecule is CN1CCC2(C)c3cc(OC(=O)NN4CCCCC4)ccc3N(C)C12. The Hall–Kier alpha value is -1.79. The number of benzene rings is 1. The van der Waals surface area contributed by atoms with Crippen LogP contribution in [0.5, 0.6) is 5.75 Å². The molecule has 25 heavy (non-hydrogen) atoms. The third-order valence-corrected chi connectivity index (χ3v) is 6.12. The number of ether oxygens (including phenoxy) is 1. The van der Waals surface area contributed by atoms with E-state index in [1.54, 1.807) is 0 Å². The van der Waals surface area contributed by atoms with Crippen LogP contribution in [0.15, 0.2) is 18.2 Å². The first kappa shape index (κ1) is 16.7. The van der Waals surface area contributed by atoms with Gasteiger partial charge in [-0.05, 0) is 50.1 Å². The molecule has 0 radical (unpaired) electrons. The zero-order chi connectivity index (χ0) is 17.6. The summed E-state index contributed by atoms with van der Waals surface area (Å²) >= 11 is 0. The maximum absolute atomic E-state index is 12.2. The van der Waals surface area contributed by atoms with Gasteiger partial charge in [-0.15, -0.1) is 0 Å². The van der Waals surface area contributed by atoms with Crippen molar-refractivity contribution in [3.63, 3.8) is 0 Å². The van der Waals surface area contributed by atoms with Crippen molar-refractivity contribution >= 4 is 11.8 Å². The molecule has 4 rings (SSSR count). The minimum absolute atomic E-state index is 0.0849. The van der Waals surface area contributed by atoms with Crippen molar-refractivity contribution in [1.82, 2.24) is 15.3 Å². The summed E-state index contributed by atoms with van der Waals surface area (Å²) in [5.41, 5.74) is 5.47. The van der Waals surface area contributed by atoms with Crippen LogP contribution in [0.4, 0.5) is 10.5 Å². The molecule has 1 aromatic carbocycles. The second-order valence-electron chi connectivity index (χ2n) is 7.86. The highest BCUT2D eigenvalue weighted by Crippen LogP contribution is 2.51. The Labute approximate surface area is 149 Å². The minimum atomic E-state index is -0.390. The van der Waals surface area contributed by atoms with Crippen molar-refractivity contribution in [2.75, 3.05) is 38.6 Å². The van der Waals surface area contributed by atoms with Crippen LogP contribution < -0.4 is 15.1 Å². The van der Waals surface area contributed by atoms with Gasteiger partial charge in [-0.25, -0.2) is 9.80 Å². The molecule has 1 aromatic rings. The maximum atomic E-state index is 12.2. The first-order valence-electron chi connectivity index (χ1n) is 9.30. The lowest BCUT2D eigenvalue weighted by Crippen LogP contribution is -2.46. The van der Waals surface area contributed by atoms with Crippen LogP contribution in [0.2, 0.25) is 0 Å². The van der Waals surface area contributed by atoms with Crippen LogP contribution in [-0.2, 0) is 5.41 Å². The van der Waals surface area contributed by atoms with Crippen LogP contribution in [-0.4, -0.2) is 55.9 Å². The van der Waals surface area contributed by atoms with Gasteiger partial charge in [0, 0.05) is 37.8 Å². The summed E-state index contributed by atoms with van der Waals surface area (Å²) in [5, 5.41) is 1.95. The summed E-state index contributed by atoms with van der Waals surface area (Å²) in [6, 6.07) is 6.03. The van der Waals surface area contributed by atoms with Crippen LogP contribution in [0.1, 0.15) is 38.2 Å². The van der Waals surface area contributed by atoms with Gasteiger partial charge in [-0.2, -0.15) is 0 Å². The first-order chi connectivity index (χ1) is 12.0. The zero-order valence-corrected chi connectivity index (χ0v) is 15.4. The summed E-state index contributed by atoms with van der Waals surface area (Å²) in [7, 11) is 4.34. The lowest BCUT2D eigenvalue weighted by atomic mass is 9.81. The molecule has 2 atom stereocenters. The molecule has 6 nitrogen and oxygen atoms in total. The number of fused-ring (bicyclic) bond motifs is 3. The molecule has 0 spiro atoms.